The molecule has 1 aromatic carbocycles. The predicted molar refractivity (Wildman–Crippen MR) is 62.2 cm³/mol. The second-order valence-corrected chi connectivity index (χ2v) is 3.87. The molecule has 0 amide bonds. The van der Waals surface area contributed by atoms with Gasteiger partial charge in [0, 0.05) is 5.92 Å². The summed E-state index contributed by atoms with van der Waals surface area (Å²) in [7, 11) is 2.17. The van der Waals surface area contributed by atoms with Crippen molar-refractivity contribution in [1.82, 2.24) is 0 Å². The molecule has 2 rings (SSSR count). The van der Waals surface area contributed by atoms with E-state index in [1.807, 2.05) is 19.1 Å². The van der Waals surface area contributed by atoms with E-state index in [4.69, 9.17) is 4.74 Å². The lowest BCUT2D eigenvalue weighted by Crippen LogP contribution is -2.04. The monoisotopic (exact) mass is 202 g/mol. The fourth-order valence-corrected chi connectivity index (χ4v) is 2.15. The van der Waals surface area contributed by atoms with Crippen LogP contribution in [0.15, 0.2) is 18.2 Å². The Morgan fingerprint density at radius 1 is 1.53 bits per heavy atom. The Bertz CT molecular complexity index is 387. The van der Waals surface area contributed by atoms with Gasteiger partial charge in [0.25, 0.3) is 0 Å². The first-order chi connectivity index (χ1) is 7.29. The number of carbonyl (C=O) groups is 1. The lowest BCUT2D eigenvalue weighted by atomic mass is 9.98. The summed E-state index contributed by atoms with van der Waals surface area (Å²) in [6, 6.07) is 5.92. The minimum Gasteiger partial charge on any atom is -0.462 e. The molecule has 0 radical (unpaired) electrons. The molecule has 0 aliphatic heterocycles. The Balaban J connectivity index is 2.19. The summed E-state index contributed by atoms with van der Waals surface area (Å²) < 4.78 is 5.03. The molecular weight excluding hydrogens is 187 g/mol. The van der Waals surface area contributed by atoms with Crippen LogP contribution < -0.4 is 0 Å². The highest BCUT2D eigenvalue weighted by Crippen LogP contribution is 2.48. The van der Waals surface area contributed by atoms with Gasteiger partial charge in [0.05, 0.1) is 12.2 Å². The maximum Gasteiger partial charge on any atom is 0.338 e. The zero-order valence-electron chi connectivity index (χ0n) is 9.25. The first kappa shape index (κ1) is 10.3. The van der Waals surface area contributed by atoms with Crippen LogP contribution in [0.2, 0.25) is 6.32 Å². The van der Waals surface area contributed by atoms with E-state index < -0.39 is 0 Å². The van der Waals surface area contributed by atoms with Crippen molar-refractivity contribution in [2.75, 3.05) is 6.61 Å². The van der Waals surface area contributed by atoms with E-state index in [1.54, 1.807) is 0 Å². The first-order valence-electron chi connectivity index (χ1n) is 5.59. The average Bonchev–Trinajstić information content (AvgIpc) is 2.93. The van der Waals surface area contributed by atoms with Crippen molar-refractivity contribution in [3.05, 3.63) is 34.9 Å². The van der Waals surface area contributed by atoms with Crippen LogP contribution in [-0.4, -0.2) is 20.4 Å². The molecule has 1 aliphatic rings. The van der Waals surface area contributed by atoms with Crippen LogP contribution in [0.3, 0.4) is 0 Å². The smallest absolute Gasteiger partial charge is 0.338 e. The molecule has 15 heavy (non-hydrogen) atoms. The van der Waals surface area contributed by atoms with Crippen molar-refractivity contribution in [2.24, 2.45) is 0 Å². The maximum absolute atomic E-state index is 11.6. The molecule has 1 atom stereocenters. The quantitative estimate of drug-likeness (QED) is 0.549. The van der Waals surface area contributed by atoms with Gasteiger partial charge >= 0.3 is 5.97 Å². The van der Waals surface area contributed by atoms with Crippen LogP contribution in [0.25, 0.3) is 0 Å². The number of fused-ring (bicyclic) bond motifs is 1. The van der Waals surface area contributed by atoms with Crippen molar-refractivity contribution in [3.8, 4) is 0 Å². The second-order valence-electron chi connectivity index (χ2n) is 3.87. The molecule has 78 valence electrons. The van der Waals surface area contributed by atoms with E-state index in [0.717, 1.165) is 18.3 Å². The average molecular weight is 202 g/mol. The normalized spacial score (nSPS) is 17.0. The summed E-state index contributed by atoms with van der Waals surface area (Å²) in [5, 5.41) is 0. The summed E-state index contributed by atoms with van der Waals surface area (Å²) >= 11 is 0. The van der Waals surface area contributed by atoms with Gasteiger partial charge in [-0.05, 0) is 30.5 Å². The van der Waals surface area contributed by atoms with Gasteiger partial charge in [0.2, 0.25) is 0 Å². The highest BCUT2D eigenvalue weighted by Gasteiger charge is 2.36. The van der Waals surface area contributed by atoms with E-state index in [1.165, 1.54) is 11.1 Å². The van der Waals surface area contributed by atoms with E-state index in [-0.39, 0.29) is 5.97 Å². The minimum absolute atomic E-state index is 0.173. The Hall–Kier alpha value is -1.25. The number of esters is 1. The summed E-state index contributed by atoms with van der Waals surface area (Å²) in [6.07, 6.45) is 2.30. The Labute approximate surface area is 91.0 Å². The zero-order valence-corrected chi connectivity index (χ0v) is 9.25. The number of ether oxygens (including phenoxy) is 1. The molecule has 0 heterocycles. The molecule has 0 spiro atoms. The molecule has 0 N–H and O–H groups in total. The second kappa shape index (κ2) is 4.09. The Morgan fingerprint density at radius 3 is 3.00 bits per heavy atom. The van der Waals surface area contributed by atoms with Crippen molar-refractivity contribution in [2.45, 2.75) is 25.6 Å². The molecule has 1 aliphatic carbocycles. The molecule has 0 fully saturated rings. The van der Waals surface area contributed by atoms with Gasteiger partial charge < -0.3 is 4.74 Å². The Morgan fingerprint density at radius 2 is 2.33 bits per heavy atom. The van der Waals surface area contributed by atoms with Crippen LogP contribution in [0.1, 0.15) is 40.7 Å². The fraction of sp³-hybridized carbons (Fsp3) is 0.417. The topological polar surface area (TPSA) is 26.3 Å². The third-order valence-electron chi connectivity index (χ3n) is 2.85. The van der Waals surface area contributed by atoms with Crippen molar-refractivity contribution in [3.63, 3.8) is 0 Å². The van der Waals surface area contributed by atoms with Crippen LogP contribution >= 0.6 is 0 Å². The fourth-order valence-electron chi connectivity index (χ4n) is 2.15. The molecular formula is C12H15BO2. The van der Waals surface area contributed by atoms with Gasteiger partial charge in [0.15, 0.2) is 0 Å². The first-order valence-corrected chi connectivity index (χ1v) is 5.59. The van der Waals surface area contributed by atoms with Crippen LogP contribution in [0.4, 0.5) is 0 Å². The van der Waals surface area contributed by atoms with Crippen molar-refractivity contribution >= 4 is 13.8 Å². The van der Waals surface area contributed by atoms with E-state index in [9.17, 15) is 4.79 Å². The molecule has 2 nitrogen and oxygen atoms in total. The molecule has 3 heteroatoms. The van der Waals surface area contributed by atoms with Crippen LogP contribution in [-0.2, 0) is 4.74 Å². The Kier molecular flexibility index (Phi) is 2.80. The SMILES string of the molecule is BCC[C@H]1c2cccc(C(=O)OCC)c21. The lowest BCUT2D eigenvalue weighted by Gasteiger charge is -2.00. The van der Waals surface area contributed by atoms with Crippen LogP contribution in [0, 0.1) is 0 Å². The van der Waals surface area contributed by atoms with Gasteiger partial charge in [-0.1, -0.05) is 18.5 Å². The molecule has 0 unspecified atom stereocenters. The highest BCUT2D eigenvalue weighted by molar-refractivity contribution is 6.08. The third kappa shape index (κ3) is 1.78. The number of rotatable bonds is 4. The third-order valence-corrected chi connectivity index (χ3v) is 2.85. The minimum atomic E-state index is -0.173. The summed E-state index contributed by atoms with van der Waals surface area (Å²) in [6.45, 7) is 2.28. The molecule has 1 aromatic rings. The largest absolute Gasteiger partial charge is 0.462 e. The number of carbonyl (C=O) groups excluding carboxylic acids is 1. The zero-order chi connectivity index (χ0) is 10.8. The molecule has 0 bridgehead atoms. The number of hydrogen-bond acceptors (Lipinski definition) is 2. The van der Waals surface area contributed by atoms with Gasteiger partial charge in [-0.2, -0.15) is 0 Å². The van der Waals surface area contributed by atoms with E-state index >= 15 is 0 Å². The van der Waals surface area contributed by atoms with E-state index in [2.05, 4.69) is 13.9 Å². The summed E-state index contributed by atoms with van der Waals surface area (Å²) in [5.74, 6) is 0.345. The van der Waals surface area contributed by atoms with E-state index in [0.29, 0.717) is 12.5 Å². The van der Waals surface area contributed by atoms with Crippen LogP contribution in [0.5, 0.6) is 0 Å². The highest BCUT2D eigenvalue weighted by atomic mass is 16.5. The molecule has 0 saturated carbocycles. The number of benzene rings is 1. The van der Waals surface area contributed by atoms with Gasteiger partial charge in [-0.25, -0.2) is 4.79 Å². The molecule has 0 saturated heterocycles. The van der Waals surface area contributed by atoms with Crippen molar-refractivity contribution in [1.29, 1.82) is 0 Å². The van der Waals surface area contributed by atoms with Gasteiger partial charge in [-0.3, -0.25) is 0 Å². The van der Waals surface area contributed by atoms with Gasteiger partial charge in [-0.15, -0.1) is 0 Å². The van der Waals surface area contributed by atoms with Crippen molar-refractivity contribution < 1.29 is 9.53 Å². The number of hydrogen-bond donors (Lipinski definition) is 0. The van der Waals surface area contributed by atoms with Gasteiger partial charge in [0.1, 0.15) is 7.85 Å². The molecule has 0 aromatic heterocycles. The summed E-state index contributed by atoms with van der Waals surface area (Å²) in [4.78, 5) is 11.6. The standard InChI is InChI=1S/C12H15BO2/c1-2-15-12(14)10-5-3-4-8-9(6-7-13)11(8)10/h3-5,9H,2,6-7,13H2,1H3/t9-/m0/s1. The maximum atomic E-state index is 11.6. The summed E-state index contributed by atoms with van der Waals surface area (Å²) in [5.41, 5.74) is 3.33. The lowest BCUT2D eigenvalue weighted by molar-refractivity contribution is 0.0526. The predicted octanol–water partition coefficient (Wildman–Crippen LogP) is 1.75.